The lowest BCUT2D eigenvalue weighted by Crippen LogP contribution is -2.40. The van der Waals surface area contributed by atoms with E-state index in [1.807, 2.05) is 22.7 Å². The number of fused-ring (bicyclic) bond motifs is 3. The summed E-state index contributed by atoms with van der Waals surface area (Å²) in [5.41, 5.74) is 2.66. The Morgan fingerprint density at radius 3 is 2.69 bits per heavy atom. The molecule has 9 heteroatoms. The third kappa shape index (κ3) is 3.52. The number of amides is 1. The molecule has 2 aromatic heterocycles. The minimum absolute atomic E-state index is 0. The number of rotatable bonds is 2. The fourth-order valence-corrected chi connectivity index (χ4v) is 4.31. The van der Waals surface area contributed by atoms with Gasteiger partial charge in [-0.3, -0.25) is 9.59 Å². The summed E-state index contributed by atoms with van der Waals surface area (Å²) in [5, 5.41) is 8.82. The molecule has 2 fully saturated rings. The second-order valence-electron chi connectivity index (χ2n) is 7.45. The fourth-order valence-electron chi connectivity index (χ4n) is 4.31. The zero-order valence-electron chi connectivity index (χ0n) is 16.0. The Hall–Kier alpha value is -2.42. The molecule has 0 atom stereocenters. The second-order valence-corrected chi connectivity index (χ2v) is 7.45. The quantitative estimate of drug-likeness (QED) is 0.660. The van der Waals surface area contributed by atoms with Crippen molar-refractivity contribution in [3.05, 3.63) is 45.9 Å². The lowest BCUT2D eigenvalue weighted by Gasteiger charge is -2.27. The Kier molecular flexibility index (Phi) is 5.58. The molecule has 2 N–H and O–H groups in total. The molecular formula is C20H24ClN5O3. The number of hydrogen-bond donors (Lipinski definition) is 2. The molecule has 8 nitrogen and oxygen atoms in total. The van der Waals surface area contributed by atoms with Crippen LogP contribution in [-0.4, -0.2) is 64.8 Å². The summed E-state index contributed by atoms with van der Waals surface area (Å²) in [7, 11) is 0. The Morgan fingerprint density at radius 2 is 1.93 bits per heavy atom. The predicted octanol–water partition coefficient (Wildman–Crippen LogP) is 1.54. The Labute approximate surface area is 173 Å². The topological polar surface area (TPSA) is 91.7 Å². The van der Waals surface area contributed by atoms with E-state index < -0.39 is 0 Å². The zero-order valence-corrected chi connectivity index (χ0v) is 16.8. The van der Waals surface area contributed by atoms with Gasteiger partial charge in [-0.2, -0.15) is 5.10 Å². The first-order chi connectivity index (χ1) is 13.7. The third-order valence-corrected chi connectivity index (χ3v) is 5.75. The summed E-state index contributed by atoms with van der Waals surface area (Å²) in [5.74, 6) is 0.232. The molecule has 4 heterocycles. The van der Waals surface area contributed by atoms with E-state index in [0.717, 1.165) is 37.1 Å². The van der Waals surface area contributed by atoms with Crippen molar-refractivity contribution in [1.82, 2.24) is 24.8 Å². The number of morpholine rings is 1. The molecule has 0 bridgehead atoms. The number of piperidine rings is 1. The van der Waals surface area contributed by atoms with E-state index in [0.29, 0.717) is 42.9 Å². The number of aromatic nitrogens is 3. The van der Waals surface area contributed by atoms with Crippen LogP contribution < -0.4 is 10.9 Å². The van der Waals surface area contributed by atoms with Gasteiger partial charge in [-0.15, -0.1) is 12.4 Å². The molecule has 0 aliphatic carbocycles. The van der Waals surface area contributed by atoms with Crippen molar-refractivity contribution < 1.29 is 9.53 Å². The number of nitrogens with zero attached hydrogens (tertiary/aromatic N) is 3. The van der Waals surface area contributed by atoms with Gasteiger partial charge in [0.1, 0.15) is 5.65 Å². The molecule has 154 valence electrons. The Morgan fingerprint density at radius 1 is 1.17 bits per heavy atom. The maximum Gasteiger partial charge on any atom is 0.254 e. The van der Waals surface area contributed by atoms with Crippen molar-refractivity contribution in [1.29, 1.82) is 0 Å². The number of aromatic amines is 1. The average Bonchev–Trinajstić information content (AvgIpc) is 3.12. The van der Waals surface area contributed by atoms with Gasteiger partial charge in [0.2, 0.25) is 0 Å². The van der Waals surface area contributed by atoms with Gasteiger partial charge >= 0.3 is 0 Å². The number of halogens is 1. The molecule has 0 unspecified atom stereocenters. The summed E-state index contributed by atoms with van der Waals surface area (Å²) >= 11 is 0. The van der Waals surface area contributed by atoms with E-state index >= 15 is 0 Å². The molecule has 3 aromatic rings. The van der Waals surface area contributed by atoms with Gasteiger partial charge in [-0.1, -0.05) is 6.07 Å². The number of H-pyrrole nitrogens is 1. The standard InChI is InChI=1S/C20H23N5O3.ClH/c26-17-12-16(13-4-6-21-7-5-13)25-19(22-17)18-14(2-1-3-15(18)23-25)20(27)24-8-10-28-11-9-24;/h1-3,12-13,21H,4-11H2,(H,22,26);1H. The third-order valence-electron chi connectivity index (χ3n) is 5.75. The molecular weight excluding hydrogens is 394 g/mol. The van der Waals surface area contributed by atoms with Gasteiger partial charge in [0.25, 0.3) is 11.5 Å². The number of benzene rings is 1. The maximum absolute atomic E-state index is 13.2. The molecule has 1 aromatic carbocycles. The molecule has 5 rings (SSSR count). The van der Waals surface area contributed by atoms with E-state index in [9.17, 15) is 9.59 Å². The van der Waals surface area contributed by atoms with Gasteiger partial charge in [-0.25, -0.2) is 4.52 Å². The molecule has 0 saturated carbocycles. The van der Waals surface area contributed by atoms with Crippen LogP contribution in [0.4, 0.5) is 0 Å². The van der Waals surface area contributed by atoms with Crippen LogP contribution in [0.15, 0.2) is 29.1 Å². The SMILES string of the molecule is Cl.O=C(c1cccc2nn3c(C4CCNCC4)cc(=O)[nH]c3c12)N1CCOCC1. The van der Waals surface area contributed by atoms with Crippen LogP contribution in [0.1, 0.15) is 34.8 Å². The van der Waals surface area contributed by atoms with Crippen LogP contribution >= 0.6 is 12.4 Å². The fraction of sp³-hybridized carbons (Fsp3) is 0.450. The molecule has 0 spiro atoms. The number of ether oxygens (including phenoxy) is 1. The second kappa shape index (κ2) is 8.14. The lowest BCUT2D eigenvalue weighted by molar-refractivity contribution is 0.0304. The summed E-state index contributed by atoms with van der Waals surface area (Å²) in [6.07, 6.45) is 1.93. The van der Waals surface area contributed by atoms with E-state index in [1.165, 1.54) is 0 Å². The van der Waals surface area contributed by atoms with Gasteiger partial charge < -0.3 is 19.9 Å². The predicted molar refractivity (Wildman–Crippen MR) is 112 cm³/mol. The van der Waals surface area contributed by atoms with Crippen molar-refractivity contribution in [3.63, 3.8) is 0 Å². The maximum atomic E-state index is 13.2. The summed E-state index contributed by atoms with van der Waals surface area (Å²) < 4.78 is 7.20. The van der Waals surface area contributed by atoms with Gasteiger partial charge in [0, 0.05) is 25.1 Å². The zero-order chi connectivity index (χ0) is 19.1. The van der Waals surface area contributed by atoms with Crippen molar-refractivity contribution in [3.8, 4) is 0 Å². The number of carbonyl (C=O) groups excluding carboxylic acids is 1. The normalized spacial score (nSPS) is 18.1. The van der Waals surface area contributed by atoms with Crippen LogP contribution in [0.5, 0.6) is 0 Å². The highest BCUT2D eigenvalue weighted by atomic mass is 35.5. The first-order valence-electron chi connectivity index (χ1n) is 9.85. The number of hydrogen-bond acceptors (Lipinski definition) is 5. The van der Waals surface area contributed by atoms with Crippen molar-refractivity contribution in [2.75, 3.05) is 39.4 Å². The minimum Gasteiger partial charge on any atom is -0.378 e. The van der Waals surface area contributed by atoms with Gasteiger partial charge in [-0.05, 0) is 38.1 Å². The average molecular weight is 418 g/mol. The smallest absolute Gasteiger partial charge is 0.254 e. The largest absolute Gasteiger partial charge is 0.378 e. The molecule has 2 aliphatic heterocycles. The summed E-state index contributed by atoms with van der Waals surface area (Å²) in [4.78, 5) is 30.3. The highest BCUT2D eigenvalue weighted by Gasteiger charge is 2.25. The molecule has 0 radical (unpaired) electrons. The van der Waals surface area contributed by atoms with E-state index in [2.05, 4.69) is 10.3 Å². The highest BCUT2D eigenvalue weighted by molar-refractivity contribution is 6.11. The van der Waals surface area contributed by atoms with Crippen LogP contribution in [0, 0.1) is 0 Å². The Bertz CT molecular complexity index is 1100. The van der Waals surface area contributed by atoms with Gasteiger partial charge in [0.05, 0.1) is 35.4 Å². The molecule has 1 amide bonds. The minimum atomic E-state index is -0.156. The van der Waals surface area contributed by atoms with Crippen molar-refractivity contribution >= 4 is 34.9 Å². The molecule has 2 saturated heterocycles. The van der Waals surface area contributed by atoms with Crippen LogP contribution in [0.3, 0.4) is 0 Å². The van der Waals surface area contributed by atoms with Crippen molar-refractivity contribution in [2.45, 2.75) is 18.8 Å². The van der Waals surface area contributed by atoms with Crippen molar-refractivity contribution in [2.24, 2.45) is 0 Å². The number of nitrogens with one attached hydrogen (secondary N) is 2. The van der Waals surface area contributed by atoms with E-state index in [4.69, 9.17) is 9.84 Å². The van der Waals surface area contributed by atoms with Crippen LogP contribution in [-0.2, 0) is 4.74 Å². The van der Waals surface area contributed by atoms with E-state index in [1.54, 1.807) is 11.0 Å². The molecule has 29 heavy (non-hydrogen) atoms. The van der Waals surface area contributed by atoms with Crippen LogP contribution in [0.25, 0.3) is 16.6 Å². The van der Waals surface area contributed by atoms with Crippen LogP contribution in [0.2, 0.25) is 0 Å². The summed E-state index contributed by atoms with van der Waals surface area (Å²) in [6.45, 7) is 4.11. The lowest BCUT2D eigenvalue weighted by atomic mass is 9.94. The summed E-state index contributed by atoms with van der Waals surface area (Å²) in [6, 6.07) is 7.21. The Balaban J connectivity index is 0.00000205. The van der Waals surface area contributed by atoms with E-state index in [-0.39, 0.29) is 29.8 Å². The highest BCUT2D eigenvalue weighted by Crippen LogP contribution is 2.29. The monoisotopic (exact) mass is 417 g/mol. The molecule has 2 aliphatic rings. The first kappa shape index (κ1) is 19.9. The van der Waals surface area contributed by atoms with Gasteiger partial charge in [0.15, 0.2) is 0 Å². The number of carbonyl (C=O) groups is 1. The first-order valence-corrected chi connectivity index (χ1v) is 9.85.